The molecule has 0 spiro atoms. The minimum Gasteiger partial charge on any atom is -0.396 e. The first-order chi connectivity index (χ1) is 8.08. The molecule has 0 unspecified atom stereocenters. The van der Waals surface area contributed by atoms with Crippen LogP contribution < -0.4 is 5.73 Å². The summed E-state index contributed by atoms with van der Waals surface area (Å²) in [5.41, 5.74) is 5.76. The zero-order valence-corrected chi connectivity index (χ0v) is 10.0. The molecule has 0 aromatic heterocycles. The SMILES string of the molecule is Nc1cc(C(=O)N2CCS(=O)CC2)ccc1F. The third kappa shape index (κ3) is 2.63. The number of rotatable bonds is 1. The topological polar surface area (TPSA) is 63.4 Å². The van der Waals surface area contributed by atoms with Crippen molar-refractivity contribution in [3.8, 4) is 0 Å². The van der Waals surface area contributed by atoms with Crippen LogP contribution in [0.5, 0.6) is 0 Å². The molecule has 0 radical (unpaired) electrons. The van der Waals surface area contributed by atoms with Crippen LogP contribution in [0.25, 0.3) is 0 Å². The minimum absolute atomic E-state index is 0.0311. The number of carbonyl (C=O) groups is 1. The molecule has 1 aromatic rings. The summed E-state index contributed by atoms with van der Waals surface area (Å²) in [6.07, 6.45) is 0. The molecule has 4 nitrogen and oxygen atoms in total. The number of nitrogens with zero attached hydrogens (tertiary/aromatic N) is 1. The van der Waals surface area contributed by atoms with Gasteiger partial charge in [-0.1, -0.05) is 0 Å². The number of hydrogen-bond donors (Lipinski definition) is 1. The van der Waals surface area contributed by atoms with Crippen molar-refractivity contribution in [2.45, 2.75) is 0 Å². The standard InChI is InChI=1S/C11H13FN2O2S/c12-9-2-1-8(7-10(9)13)11(15)14-3-5-17(16)6-4-14/h1-2,7H,3-6,13H2. The van der Waals surface area contributed by atoms with E-state index in [0.717, 1.165) is 0 Å². The van der Waals surface area contributed by atoms with Crippen molar-refractivity contribution >= 4 is 22.4 Å². The Hall–Kier alpha value is -1.43. The molecule has 1 aliphatic rings. The van der Waals surface area contributed by atoms with Crippen LogP contribution in [0.15, 0.2) is 18.2 Å². The summed E-state index contributed by atoms with van der Waals surface area (Å²) >= 11 is 0. The first-order valence-electron chi connectivity index (χ1n) is 5.27. The van der Waals surface area contributed by atoms with Gasteiger partial charge in [-0.15, -0.1) is 0 Å². The van der Waals surface area contributed by atoms with Crippen molar-refractivity contribution in [3.63, 3.8) is 0 Å². The normalized spacial score (nSPS) is 17.1. The van der Waals surface area contributed by atoms with Gasteiger partial charge in [-0.3, -0.25) is 9.00 Å². The Morgan fingerprint density at radius 1 is 1.35 bits per heavy atom. The highest BCUT2D eigenvalue weighted by atomic mass is 32.2. The molecule has 2 rings (SSSR count). The molecule has 1 aliphatic heterocycles. The number of carbonyl (C=O) groups excluding carboxylic acids is 1. The van der Waals surface area contributed by atoms with E-state index in [0.29, 0.717) is 30.2 Å². The van der Waals surface area contributed by atoms with Crippen LogP contribution in [-0.4, -0.2) is 39.6 Å². The maximum absolute atomic E-state index is 13.0. The van der Waals surface area contributed by atoms with Crippen molar-refractivity contribution < 1.29 is 13.4 Å². The Balaban J connectivity index is 2.14. The van der Waals surface area contributed by atoms with Gasteiger partial charge in [0.15, 0.2) is 0 Å². The van der Waals surface area contributed by atoms with Gasteiger partial charge < -0.3 is 10.6 Å². The Morgan fingerprint density at radius 3 is 2.59 bits per heavy atom. The van der Waals surface area contributed by atoms with E-state index >= 15 is 0 Å². The smallest absolute Gasteiger partial charge is 0.253 e. The quantitative estimate of drug-likeness (QED) is 0.749. The van der Waals surface area contributed by atoms with Crippen LogP contribution in [0.1, 0.15) is 10.4 Å². The molecule has 17 heavy (non-hydrogen) atoms. The second-order valence-electron chi connectivity index (χ2n) is 3.88. The van der Waals surface area contributed by atoms with Gasteiger partial charge in [0.2, 0.25) is 0 Å². The summed E-state index contributed by atoms with van der Waals surface area (Å²) in [7, 11) is -0.820. The molecule has 1 saturated heterocycles. The van der Waals surface area contributed by atoms with Gasteiger partial charge >= 0.3 is 0 Å². The lowest BCUT2D eigenvalue weighted by molar-refractivity contribution is 0.0771. The summed E-state index contributed by atoms with van der Waals surface area (Å²) in [4.78, 5) is 13.6. The predicted molar refractivity (Wildman–Crippen MR) is 64.6 cm³/mol. The first-order valence-corrected chi connectivity index (χ1v) is 6.76. The second kappa shape index (κ2) is 4.83. The molecular formula is C11H13FN2O2S. The highest BCUT2D eigenvalue weighted by Crippen LogP contribution is 2.15. The summed E-state index contributed by atoms with van der Waals surface area (Å²) < 4.78 is 24.1. The lowest BCUT2D eigenvalue weighted by atomic mass is 10.1. The van der Waals surface area contributed by atoms with Gasteiger partial charge in [0.05, 0.1) is 5.69 Å². The molecule has 1 fully saturated rings. The Morgan fingerprint density at radius 2 is 2.00 bits per heavy atom. The van der Waals surface area contributed by atoms with Crippen molar-refractivity contribution in [3.05, 3.63) is 29.6 Å². The van der Waals surface area contributed by atoms with Gasteiger partial charge in [-0.05, 0) is 18.2 Å². The molecule has 2 N–H and O–H groups in total. The van der Waals surface area contributed by atoms with Crippen molar-refractivity contribution in [1.29, 1.82) is 0 Å². The Bertz CT molecular complexity index is 469. The average molecular weight is 256 g/mol. The fourth-order valence-corrected chi connectivity index (χ4v) is 2.75. The Labute approximate surface area is 101 Å². The maximum atomic E-state index is 13.0. The number of nitrogen functional groups attached to an aromatic ring is 1. The number of halogens is 1. The number of nitrogens with two attached hydrogens (primary N) is 1. The van der Waals surface area contributed by atoms with Crippen LogP contribution in [0, 0.1) is 5.82 Å². The van der Waals surface area contributed by atoms with Crippen LogP contribution in [0.2, 0.25) is 0 Å². The van der Waals surface area contributed by atoms with Gasteiger partial charge in [0, 0.05) is 41.0 Å². The van der Waals surface area contributed by atoms with E-state index in [4.69, 9.17) is 5.73 Å². The monoisotopic (exact) mass is 256 g/mol. The lowest BCUT2D eigenvalue weighted by Crippen LogP contribution is -2.41. The van der Waals surface area contributed by atoms with E-state index in [1.807, 2.05) is 0 Å². The van der Waals surface area contributed by atoms with Gasteiger partial charge in [-0.25, -0.2) is 4.39 Å². The maximum Gasteiger partial charge on any atom is 0.253 e. The van der Waals surface area contributed by atoms with Gasteiger partial charge in [0.1, 0.15) is 5.82 Å². The molecule has 1 amide bonds. The molecule has 0 saturated carbocycles. The van der Waals surface area contributed by atoms with E-state index < -0.39 is 16.6 Å². The summed E-state index contributed by atoms with van der Waals surface area (Å²) in [6.45, 7) is 0.950. The van der Waals surface area contributed by atoms with Gasteiger partial charge in [-0.2, -0.15) is 0 Å². The number of anilines is 1. The van der Waals surface area contributed by atoms with E-state index in [-0.39, 0.29) is 11.6 Å². The summed E-state index contributed by atoms with van der Waals surface area (Å²) in [5, 5.41) is 0. The fourth-order valence-electron chi connectivity index (χ4n) is 1.70. The summed E-state index contributed by atoms with van der Waals surface area (Å²) in [5.74, 6) is 0.292. The number of benzene rings is 1. The largest absolute Gasteiger partial charge is 0.396 e. The van der Waals surface area contributed by atoms with E-state index in [1.54, 1.807) is 4.90 Å². The molecule has 1 heterocycles. The molecule has 92 valence electrons. The molecule has 0 aliphatic carbocycles. The molecular weight excluding hydrogens is 243 g/mol. The van der Waals surface area contributed by atoms with Crippen molar-refractivity contribution in [2.24, 2.45) is 0 Å². The average Bonchev–Trinajstić information content (AvgIpc) is 2.33. The molecule has 1 aromatic carbocycles. The first kappa shape index (κ1) is 12.0. The molecule has 0 atom stereocenters. The van der Waals surface area contributed by atoms with Crippen LogP contribution in [0.4, 0.5) is 10.1 Å². The lowest BCUT2D eigenvalue weighted by Gasteiger charge is -2.26. The second-order valence-corrected chi connectivity index (χ2v) is 5.57. The van der Waals surface area contributed by atoms with Crippen LogP contribution in [-0.2, 0) is 10.8 Å². The molecule has 6 heteroatoms. The van der Waals surface area contributed by atoms with E-state index in [1.165, 1.54) is 18.2 Å². The zero-order chi connectivity index (χ0) is 12.4. The van der Waals surface area contributed by atoms with Crippen LogP contribution >= 0.6 is 0 Å². The third-order valence-corrected chi connectivity index (χ3v) is 3.98. The summed E-state index contributed by atoms with van der Waals surface area (Å²) in [6, 6.07) is 3.94. The molecule has 0 bridgehead atoms. The minimum atomic E-state index is -0.820. The van der Waals surface area contributed by atoms with E-state index in [2.05, 4.69) is 0 Å². The number of hydrogen-bond acceptors (Lipinski definition) is 3. The van der Waals surface area contributed by atoms with E-state index in [9.17, 15) is 13.4 Å². The van der Waals surface area contributed by atoms with Gasteiger partial charge in [0.25, 0.3) is 5.91 Å². The highest BCUT2D eigenvalue weighted by Gasteiger charge is 2.21. The van der Waals surface area contributed by atoms with Crippen LogP contribution in [0.3, 0.4) is 0 Å². The highest BCUT2D eigenvalue weighted by molar-refractivity contribution is 7.85. The number of amides is 1. The predicted octanol–water partition coefficient (Wildman–Crippen LogP) is 0.612. The van der Waals surface area contributed by atoms with Crippen molar-refractivity contribution in [2.75, 3.05) is 30.3 Å². The third-order valence-electron chi connectivity index (χ3n) is 2.71. The van der Waals surface area contributed by atoms with Crippen molar-refractivity contribution in [1.82, 2.24) is 4.90 Å². The fraction of sp³-hybridized carbons (Fsp3) is 0.364. The zero-order valence-electron chi connectivity index (χ0n) is 9.19. The Kier molecular flexibility index (Phi) is 3.42.